The van der Waals surface area contributed by atoms with Gasteiger partial charge in [-0.25, -0.2) is 8.78 Å². The van der Waals surface area contributed by atoms with Crippen LogP contribution in [0.4, 0.5) is 8.78 Å². The molecule has 0 fully saturated rings. The average Bonchev–Trinajstić information content (AvgIpc) is 2.06. The first-order valence-electron chi connectivity index (χ1n) is 3.92. The van der Waals surface area contributed by atoms with Gasteiger partial charge in [-0.1, -0.05) is 0 Å². The molecule has 1 aliphatic heterocycles. The Morgan fingerprint density at radius 1 is 1.38 bits per heavy atom. The fraction of sp³-hybridized carbons (Fsp3) is 0.200. The zero-order chi connectivity index (χ0) is 9.42. The number of hydrogen-bond donors (Lipinski definition) is 0. The lowest BCUT2D eigenvalue weighted by Crippen LogP contribution is -2.14. The predicted molar refractivity (Wildman–Crippen MR) is 44.2 cm³/mol. The first-order chi connectivity index (χ1) is 6.16. The van der Waals surface area contributed by atoms with Gasteiger partial charge in [0.05, 0.1) is 0 Å². The van der Waals surface area contributed by atoms with E-state index in [2.05, 4.69) is 6.08 Å². The Balaban J connectivity index is 2.56. The summed E-state index contributed by atoms with van der Waals surface area (Å²) in [6, 6.07) is 2.03. The molecule has 1 aromatic carbocycles. The van der Waals surface area contributed by atoms with Crippen molar-refractivity contribution >= 4 is 6.08 Å². The number of rotatable bonds is 0. The molecule has 1 aliphatic rings. The van der Waals surface area contributed by atoms with E-state index in [1.54, 1.807) is 6.92 Å². The van der Waals surface area contributed by atoms with Crippen LogP contribution in [0.2, 0.25) is 0 Å². The fourth-order valence-electron chi connectivity index (χ4n) is 1.23. The molecule has 2 rings (SSSR count). The lowest BCUT2D eigenvalue weighted by atomic mass is 10.1. The van der Waals surface area contributed by atoms with Crippen LogP contribution in [0.3, 0.4) is 0 Å². The van der Waals surface area contributed by atoms with Crippen molar-refractivity contribution in [1.82, 2.24) is 0 Å². The maximum atomic E-state index is 13.1. The highest BCUT2D eigenvalue weighted by Gasteiger charge is 2.16. The minimum Gasteiger partial charge on any atom is -0.482 e. The Labute approximate surface area is 74.6 Å². The summed E-state index contributed by atoms with van der Waals surface area (Å²) in [7, 11) is 0. The summed E-state index contributed by atoms with van der Waals surface area (Å²) in [5.41, 5.74) is 0.399. The van der Waals surface area contributed by atoms with E-state index in [1.807, 2.05) is 0 Å². The minimum atomic E-state index is -0.667. The van der Waals surface area contributed by atoms with E-state index >= 15 is 0 Å². The second-order valence-corrected chi connectivity index (χ2v) is 2.88. The molecular formula is C10H7F2O. The van der Waals surface area contributed by atoms with E-state index in [0.717, 1.165) is 6.07 Å². The van der Waals surface area contributed by atoms with Crippen LogP contribution in [0.5, 0.6) is 5.75 Å². The van der Waals surface area contributed by atoms with Crippen LogP contribution in [-0.4, -0.2) is 6.10 Å². The second-order valence-electron chi connectivity index (χ2n) is 2.88. The van der Waals surface area contributed by atoms with Crippen LogP contribution in [0, 0.1) is 17.7 Å². The van der Waals surface area contributed by atoms with Crippen molar-refractivity contribution < 1.29 is 13.5 Å². The summed E-state index contributed by atoms with van der Waals surface area (Å²) in [4.78, 5) is 0. The van der Waals surface area contributed by atoms with Gasteiger partial charge in [0.2, 0.25) is 0 Å². The molecule has 1 nitrogen and oxygen atoms in total. The van der Waals surface area contributed by atoms with Crippen molar-refractivity contribution in [2.45, 2.75) is 13.0 Å². The second kappa shape index (κ2) is 2.83. The lowest BCUT2D eigenvalue weighted by Gasteiger charge is -2.17. The van der Waals surface area contributed by atoms with Gasteiger partial charge in [-0.05, 0) is 25.1 Å². The summed E-state index contributed by atoms with van der Waals surface area (Å²) < 4.78 is 30.9. The van der Waals surface area contributed by atoms with Gasteiger partial charge in [0.15, 0.2) is 11.6 Å². The van der Waals surface area contributed by atoms with Crippen molar-refractivity contribution in [2.75, 3.05) is 0 Å². The first kappa shape index (κ1) is 8.23. The molecule has 13 heavy (non-hydrogen) atoms. The van der Waals surface area contributed by atoms with Gasteiger partial charge in [-0.3, -0.25) is 0 Å². The Bertz CT molecular complexity index is 371. The van der Waals surface area contributed by atoms with E-state index in [4.69, 9.17) is 4.74 Å². The molecule has 1 radical (unpaired) electrons. The van der Waals surface area contributed by atoms with Gasteiger partial charge in [-0.2, -0.15) is 0 Å². The third kappa shape index (κ3) is 1.41. The van der Waals surface area contributed by atoms with E-state index < -0.39 is 11.6 Å². The van der Waals surface area contributed by atoms with Crippen molar-refractivity contribution in [2.24, 2.45) is 0 Å². The maximum Gasteiger partial charge on any atom is 0.168 e. The zero-order valence-electron chi connectivity index (χ0n) is 6.97. The smallest absolute Gasteiger partial charge is 0.168 e. The van der Waals surface area contributed by atoms with Crippen LogP contribution in [0.15, 0.2) is 12.1 Å². The van der Waals surface area contributed by atoms with Gasteiger partial charge >= 0.3 is 0 Å². The molecule has 3 heteroatoms. The SMILES string of the molecule is CC1[C]=Cc2cc(F)cc(F)c2O1. The molecule has 1 aromatic rings. The van der Waals surface area contributed by atoms with E-state index in [0.29, 0.717) is 5.56 Å². The van der Waals surface area contributed by atoms with E-state index in [1.165, 1.54) is 12.1 Å². The molecule has 0 spiro atoms. The largest absolute Gasteiger partial charge is 0.482 e. The Morgan fingerprint density at radius 3 is 2.92 bits per heavy atom. The molecule has 0 amide bonds. The third-order valence-corrected chi connectivity index (χ3v) is 1.81. The molecule has 1 unspecified atom stereocenters. The number of benzene rings is 1. The molecule has 0 aliphatic carbocycles. The summed E-state index contributed by atoms with van der Waals surface area (Å²) in [5.74, 6) is -1.17. The average molecular weight is 181 g/mol. The normalized spacial score (nSPS) is 19.5. The van der Waals surface area contributed by atoms with Crippen LogP contribution >= 0.6 is 0 Å². The van der Waals surface area contributed by atoms with Gasteiger partial charge < -0.3 is 4.74 Å². The summed E-state index contributed by atoms with van der Waals surface area (Å²) >= 11 is 0. The zero-order valence-corrected chi connectivity index (χ0v) is 6.97. The number of hydrogen-bond acceptors (Lipinski definition) is 1. The topological polar surface area (TPSA) is 9.23 Å². The van der Waals surface area contributed by atoms with Gasteiger partial charge in [-0.15, -0.1) is 0 Å². The standard InChI is InChI=1S/C10H7F2O/c1-6-2-3-7-4-8(11)5-9(12)10(7)13-6/h3-6H,1H3. The highest BCUT2D eigenvalue weighted by molar-refractivity contribution is 5.58. The molecule has 1 atom stereocenters. The molecule has 0 saturated heterocycles. The Morgan fingerprint density at radius 2 is 2.15 bits per heavy atom. The van der Waals surface area contributed by atoms with Crippen molar-refractivity contribution in [3.8, 4) is 5.75 Å². The van der Waals surface area contributed by atoms with Crippen molar-refractivity contribution in [3.05, 3.63) is 35.4 Å². The molecule has 0 aromatic heterocycles. The highest BCUT2D eigenvalue weighted by Crippen LogP contribution is 2.29. The number of fused-ring (bicyclic) bond motifs is 1. The predicted octanol–water partition coefficient (Wildman–Crippen LogP) is 2.56. The maximum absolute atomic E-state index is 13.1. The van der Waals surface area contributed by atoms with Crippen LogP contribution < -0.4 is 4.74 Å². The van der Waals surface area contributed by atoms with Crippen LogP contribution in [0.25, 0.3) is 6.08 Å². The minimum absolute atomic E-state index is 0.104. The summed E-state index contributed by atoms with van der Waals surface area (Å²) in [6.07, 6.45) is 4.06. The van der Waals surface area contributed by atoms with Crippen molar-refractivity contribution in [3.63, 3.8) is 0 Å². The van der Waals surface area contributed by atoms with Crippen LogP contribution in [0.1, 0.15) is 12.5 Å². The van der Waals surface area contributed by atoms with E-state index in [9.17, 15) is 8.78 Å². The van der Waals surface area contributed by atoms with Gasteiger partial charge in [0.1, 0.15) is 11.9 Å². The van der Waals surface area contributed by atoms with E-state index in [-0.39, 0.29) is 11.9 Å². The quantitative estimate of drug-likeness (QED) is 0.597. The third-order valence-electron chi connectivity index (χ3n) is 1.81. The summed E-state index contributed by atoms with van der Waals surface area (Å²) in [6.45, 7) is 1.74. The molecule has 67 valence electrons. The highest BCUT2D eigenvalue weighted by atomic mass is 19.1. The monoisotopic (exact) mass is 181 g/mol. The Kier molecular flexibility index (Phi) is 1.79. The molecule has 1 heterocycles. The van der Waals surface area contributed by atoms with Gasteiger partial charge in [0.25, 0.3) is 0 Å². The lowest BCUT2D eigenvalue weighted by molar-refractivity contribution is 0.245. The Hall–Kier alpha value is -1.38. The summed E-state index contributed by atoms with van der Waals surface area (Å²) in [5, 5.41) is 0. The molecular weight excluding hydrogens is 174 g/mol. The number of halogens is 2. The first-order valence-corrected chi connectivity index (χ1v) is 3.92. The molecule has 0 bridgehead atoms. The van der Waals surface area contributed by atoms with Crippen molar-refractivity contribution in [1.29, 1.82) is 0 Å². The van der Waals surface area contributed by atoms with Crippen LogP contribution in [-0.2, 0) is 0 Å². The molecule has 0 N–H and O–H groups in total. The molecule has 0 saturated carbocycles. The fourth-order valence-corrected chi connectivity index (χ4v) is 1.23. The number of ether oxygens (including phenoxy) is 1. The van der Waals surface area contributed by atoms with Gasteiger partial charge in [0, 0.05) is 11.6 Å².